The minimum Gasteiger partial charge on any atom is -0.303 e. The zero-order valence-electron chi connectivity index (χ0n) is 11.8. The largest absolute Gasteiger partial charge is 0.303 e. The molecule has 0 saturated heterocycles. The molecule has 1 unspecified atom stereocenters. The number of aldehydes is 1. The van der Waals surface area contributed by atoms with Crippen LogP contribution in [0.3, 0.4) is 0 Å². The second-order valence-electron chi connectivity index (χ2n) is 5.33. The van der Waals surface area contributed by atoms with E-state index in [1.165, 1.54) is 12.0 Å². The highest BCUT2D eigenvalue weighted by molar-refractivity contribution is 5.49. The molecule has 0 N–H and O–H groups in total. The van der Waals surface area contributed by atoms with Crippen LogP contribution in [0.5, 0.6) is 0 Å². The van der Waals surface area contributed by atoms with Crippen LogP contribution < -0.4 is 0 Å². The van der Waals surface area contributed by atoms with E-state index in [1.54, 1.807) is 0 Å². The summed E-state index contributed by atoms with van der Waals surface area (Å²) in [4.78, 5) is 12.7. The van der Waals surface area contributed by atoms with E-state index in [0.717, 1.165) is 19.1 Å². The predicted molar refractivity (Wildman–Crippen MR) is 76.6 cm³/mol. The second-order valence-corrected chi connectivity index (χ2v) is 5.33. The van der Waals surface area contributed by atoms with E-state index < -0.39 is 0 Å². The third-order valence-corrected chi connectivity index (χ3v) is 3.48. The topological polar surface area (TPSA) is 20.3 Å². The van der Waals surface area contributed by atoms with E-state index in [9.17, 15) is 4.79 Å². The van der Waals surface area contributed by atoms with Crippen LogP contribution in [0.1, 0.15) is 44.2 Å². The van der Waals surface area contributed by atoms with E-state index in [4.69, 9.17) is 0 Å². The van der Waals surface area contributed by atoms with Gasteiger partial charge >= 0.3 is 0 Å². The molecule has 1 aromatic rings. The summed E-state index contributed by atoms with van der Waals surface area (Å²) in [6.07, 6.45) is 5.19. The van der Waals surface area contributed by atoms with Crippen molar-refractivity contribution in [3.05, 3.63) is 35.9 Å². The van der Waals surface area contributed by atoms with Gasteiger partial charge in [-0.05, 0) is 32.0 Å². The number of hydrogen-bond donors (Lipinski definition) is 0. The Morgan fingerprint density at radius 2 is 1.83 bits per heavy atom. The number of nitrogens with zero attached hydrogens (tertiary/aromatic N) is 1. The van der Waals surface area contributed by atoms with Crippen LogP contribution in [0.2, 0.25) is 0 Å². The first-order valence-electron chi connectivity index (χ1n) is 6.80. The summed E-state index contributed by atoms with van der Waals surface area (Å²) in [5, 5.41) is 0. The lowest BCUT2D eigenvalue weighted by atomic mass is 9.95. The lowest BCUT2D eigenvalue weighted by Gasteiger charge is -2.25. The number of rotatable bonds is 8. The zero-order valence-corrected chi connectivity index (χ0v) is 11.8. The SMILES string of the molecule is CC(CC=O)CCC[C@@H](c1ccccc1)N(C)C. The molecule has 0 bridgehead atoms. The molecule has 0 amide bonds. The van der Waals surface area contributed by atoms with Crippen LogP contribution >= 0.6 is 0 Å². The van der Waals surface area contributed by atoms with Gasteiger partial charge in [0.2, 0.25) is 0 Å². The fourth-order valence-corrected chi connectivity index (χ4v) is 2.34. The maximum absolute atomic E-state index is 10.4. The molecule has 0 aliphatic carbocycles. The summed E-state index contributed by atoms with van der Waals surface area (Å²) < 4.78 is 0. The van der Waals surface area contributed by atoms with Crippen molar-refractivity contribution in [2.75, 3.05) is 14.1 Å². The molecule has 2 atom stereocenters. The van der Waals surface area contributed by atoms with Crippen molar-refractivity contribution in [1.29, 1.82) is 0 Å². The standard InChI is InChI=1S/C16H25NO/c1-14(12-13-18)8-7-11-16(17(2)3)15-9-5-4-6-10-15/h4-6,9-10,13-14,16H,7-8,11-12H2,1-3H3/t14?,16-/m0/s1. The van der Waals surface area contributed by atoms with E-state index in [-0.39, 0.29) is 0 Å². The van der Waals surface area contributed by atoms with Gasteiger partial charge in [-0.2, -0.15) is 0 Å². The van der Waals surface area contributed by atoms with Gasteiger partial charge in [-0.15, -0.1) is 0 Å². The molecule has 0 radical (unpaired) electrons. The van der Waals surface area contributed by atoms with Crippen LogP contribution in [-0.2, 0) is 4.79 Å². The second kappa shape index (κ2) is 8.04. The molecule has 2 heteroatoms. The Bertz CT molecular complexity index is 334. The summed E-state index contributed by atoms with van der Waals surface area (Å²) >= 11 is 0. The van der Waals surface area contributed by atoms with E-state index >= 15 is 0 Å². The Balaban J connectivity index is 2.47. The van der Waals surface area contributed by atoms with Crippen LogP contribution in [0.15, 0.2) is 30.3 Å². The number of carbonyl (C=O) groups excluding carboxylic acids is 1. The predicted octanol–water partition coefficient (Wildman–Crippen LogP) is 3.68. The average molecular weight is 247 g/mol. The lowest BCUT2D eigenvalue weighted by molar-refractivity contribution is -0.108. The maximum atomic E-state index is 10.4. The lowest BCUT2D eigenvalue weighted by Crippen LogP contribution is -2.20. The molecule has 2 nitrogen and oxygen atoms in total. The highest BCUT2D eigenvalue weighted by Crippen LogP contribution is 2.25. The number of carbonyl (C=O) groups is 1. The first-order valence-corrected chi connectivity index (χ1v) is 6.80. The maximum Gasteiger partial charge on any atom is 0.120 e. The Labute approximate surface area is 111 Å². The average Bonchev–Trinajstić information content (AvgIpc) is 2.35. The van der Waals surface area contributed by atoms with Gasteiger partial charge < -0.3 is 9.69 Å². The number of hydrogen-bond acceptors (Lipinski definition) is 2. The molecule has 0 aliphatic heterocycles. The normalized spacial score (nSPS) is 14.4. The fraction of sp³-hybridized carbons (Fsp3) is 0.562. The Morgan fingerprint density at radius 1 is 1.17 bits per heavy atom. The van der Waals surface area contributed by atoms with Crippen molar-refractivity contribution < 1.29 is 4.79 Å². The molecular weight excluding hydrogens is 222 g/mol. The van der Waals surface area contributed by atoms with Crippen molar-refractivity contribution in [3.63, 3.8) is 0 Å². The summed E-state index contributed by atoms with van der Waals surface area (Å²) in [6, 6.07) is 11.1. The van der Waals surface area contributed by atoms with Gasteiger partial charge in [0.05, 0.1) is 0 Å². The Hall–Kier alpha value is -1.15. The highest BCUT2D eigenvalue weighted by Gasteiger charge is 2.13. The molecule has 1 aromatic carbocycles. The molecule has 0 aromatic heterocycles. The summed E-state index contributed by atoms with van der Waals surface area (Å²) in [5.74, 6) is 0.515. The van der Waals surface area contributed by atoms with Gasteiger partial charge in [-0.25, -0.2) is 0 Å². The number of benzene rings is 1. The zero-order chi connectivity index (χ0) is 13.4. The summed E-state index contributed by atoms with van der Waals surface area (Å²) in [5.41, 5.74) is 1.38. The van der Waals surface area contributed by atoms with Crippen molar-refractivity contribution >= 4 is 6.29 Å². The Morgan fingerprint density at radius 3 is 2.39 bits per heavy atom. The first kappa shape index (κ1) is 14.9. The Kier molecular flexibility index (Phi) is 6.66. The minimum atomic E-state index is 0.481. The summed E-state index contributed by atoms with van der Waals surface area (Å²) in [7, 11) is 4.26. The van der Waals surface area contributed by atoms with Gasteiger partial charge in [0.1, 0.15) is 6.29 Å². The third-order valence-electron chi connectivity index (χ3n) is 3.48. The molecule has 0 heterocycles. The monoisotopic (exact) mass is 247 g/mol. The van der Waals surface area contributed by atoms with E-state index in [2.05, 4.69) is 56.3 Å². The van der Waals surface area contributed by atoms with Gasteiger partial charge in [0.25, 0.3) is 0 Å². The van der Waals surface area contributed by atoms with Crippen LogP contribution in [0, 0.1) is 5.92 Å². The molecule has 1 rings (SSSR count). The van der Waals surface area contributed by atoms with Gasteiger partial charge in [-0.1, -0.05) is 50.1 Å². The minimum absolute atomic E-state index is 0.481. The van der Waals surface area contributed by atoms with Crippen LogP contribution in [0.4, 0.5) is 0 Å². The van der Waals surface area contributed by atoms with Crippen LogP contribution in [-0.4, -0.2) is 25.3 Å². The first-order chi connectivity index (χ1) is 8.65. The molecule has 100 valence electrons. The highest BCUT2D eigenvalue weighted by atomic mass is 16.1. The molecule has 0 fully saturated rings. The van der Waals surface area contributed by atoms with Crippen molar-refractivity contribution in [2.24, 2.45) is 5.92 Å². The molecule has 0 spiro atoms. The van der Waals surface area contributed by atoms with Crippen molar-refractivity contribution in [1.82, 2.24) is 4.90 Å². The van der Waals surface area contributed by atoms with Gasteiger partial charge in [-0.3, -0.25) is 0 Å². The molecule has 18 heavy (non-hydrogen) atoms. The van der Waals surface area contributed by atoms with Crippen molar-refractivity contribution in [3.8, 4) is 0 Å². The van der Waals surface area contributed by atoms with Gasteiger partial charge in [0.15, 0.2) is 0 Å². The quantitative estimate of drug-likeness (QED) is 0.653. The smallest absolute Gasteiger partial charge is 0.120 e. The van der Waals surface area contributed by atoms with E-state index in [0.29, 0.717) is 18.4 Å². The summed E-state index contributed by atoms with van der Waals surface area (Å²) in [6.45, 7) is 2.15. The van der Waals surface area contributed by atoms with Crippen molar-refractivity contribution in [2.45, 2.75) is 38.6 Å². The third kappa shape index (κ3) is 5.01. The van der Waals surface area contributed by atoms with Gasteiger partial charge in [0, 0.05) is 12.5 Å². The molecule has 0 saturated carbocycles. The van der Waals surface area contributed by atoms with E-state index in [1.807, 2.05) is 0 Å². The molecular formula is C16H25NO. The molecule has 0 aliphatic rings. The van der Waals surface area contributed by atoms with Crippen LogP contribution in [0.25, 0.3) is 0 Å². The fourth-order valence-electron chi connectivity index (χ4n) is 2.34.